The summed E-state index contributed by atoms with van der Waals surface area (Å²) in [6, 6.07) is 41.3. The molecule has 0 atom stereocenters. The number of hydrogen-bond donors (Lipinski definition) is 0. The Morgan fingerprint density at radius 3 is 1.62 bits per heavy atom. The van der Waals surface area contributed by atoms with Crippen molar-refractivity contribution in [2.45, 2.75) is 119 Å². The van der Waals surface area contributed by atoms with Crippen LogP contribution in [0.3, 0.4) is 0 Å². The minimum absolute atomic E-state index is 0. The second-order valence-corrected chi connectivity index (χ2v) is 19.8. The van der Waals surface area contributed by atoms with Crippen molar-refractivity contribution in [3.8, 4) is 44.8 Å². The van der Waals surface area contributed by atoms with Gasteiger partial charge in [-0.3, -0.25) is 4.98 Å². The fourth-order valence-corrected chi connectivity index (χ4v) is 7.54. The Hall–Kier alpha value is -4.21. The molecule has 290 valence electrons. The summed E-state index contributed by atoms with van der Waals surface area (Å²) in [5.41, 5.74) is 17.8. The summed E-state index contributed by atoms with van der Waals surface area (Å²) in [6.45, 7) is 31.6. The SMILES string of the molecule is Cc1cc(C)c(-c2cc(C(C)(C)C)cc3c2[n-]c2ccc(C(C)(C)C)cc23)nc1-c1[c-]c(-c2[c-]cc(C(C)(C)C)cc2)cc(-c2ccc(C(C)(C)C)cc2)c1.[Au+3]. The molecule has 2 nitrogen and oxygen atoms in total. The zero-order chi connectivity index (χ0) is 39.8. The Balaban J connectivity index is 0.00000532. The second kappa shape index (κ2) is 14.6. The van der Waals surface area contributed by atoms with E-state index in [9.17, 15) is 0 Å². The molecule has 0 fully saturated rings. The van der Waals surface area contributed by atoms with Crippen molar-refractivity contribution in [3.05, 3.63) is 137 Å². The van der Waals surface area contributed by atoms with E-state index in [0.717, 1.165) is 61.4 Å². The van der Waals surface area contributed by atoms with Gasteiger partial charge in [-0.25, -0.2) is 5.56 Å². The fraction of sp³-hybridized carbons (Fsp3) is 0.340. The molecule has 0 unspecified atom stereocenters. The van der Waals surface area contributed by atoms with Gasteiger partial charge in [-0.2, -0.15) is 35.9 Å². The molecule has 5 aromatic carbocycles. The molecule has 0 bridgehead atoms. The van der Waals surface area contributed by atoms with Crippen molar-refractivity contribution in [1.82, 2.24) is 9.97 Å². The maximum absolute atomic E-state index is 5.59. The van der Waals surface area contributed by atoms with Crippen molar-refractivity contribution in [2.75, 3.05) is 0 Å². The van der Waals surface area contributed by atoms with Gasteiger partial charge < -0.3 is 4.98 Å². The van der Waals surface area contributed by atoms with Crippen LogP contribution in [-0.4, -0.2) is 4.98 Å². The van der Waals surface area contributed by atoms with Crippen LogP contribution in [0.25, 0.3) is 66.6 Å². The number of aryl methyl sites for hydroxylation is 2. The van der Waals surface area contributed by atoms with E-state index < -0.39 is 0 Å². The van der Waals surface area contributed by atoms with E-state index in [4.69, 9.17) is 9.97 Å². The van der Waals surface area contributed by atoms with Crippen LogP contribution in [0.1, 0.15) is 116 Å². The first-order valence-corrected chi connectivity index (χ1v) is 19.8. The summed E-state index contributed by atoms with van der Waals surface area (Å²) >= 11 is 0. The summed E-state index contributed by atoms with van der Waals surface area (Å²) < 4.78 is 0. The Bertz CT molecular complexity index is 2480. The smallest absolute Gasteiger partial charge is 0.656 e. The van der Waals surface area contributed by atoms with E-state index in [-0.39, 0.29) is 44.0 Å². The molecule has 56 heavy (non-hydrogen) atoms. The summed E-state index contributed by atoms with van der Waals surface area (Å²) in [5, 5.41) is 2.40. The van der Waals surface area contributed by atoms with E-state index in [1.165, 1.54) is 38.6 Å². The van der Waals surface area contributed by atoms with Crippen LogP contribution in [0, 0.1) is 26.0 Å². The van der Waals surface area contributed by atoms with Crippen LogP contribution in [0.5, 0.6) is 0 Å². The first-order valence-electron chi connectivity index (χ1n) is 19.8. The molecule has 0 saturated carbocycles. The van der Waals surface area contributed by atoms with Gasteiger partial charge in [0, 0.05) is 5.69 Å². The number of fused-ring (bicyclic) bond motifs is 3. The van der Waals surface area contributed by atoms with Gasteiger partial charge in [-0.05, 0) is 79.7 Å². The average Bonchev–Trinajstić information content (AvgIpc) is 3.48. The molecule has 2 heterocycles. The summed E-state index contributed by atoms with van der Waals surface area (Å²) in [7, 11) is 0. The van der Waals surface area contributed by atoms with E-state index >= 15 is 0 Å². The third-order valence-corrected chi connectivity index (χ3v) is 11.2. The zero-order valence-corrected chi connectivity index (χ0v) is 38.0. The maximum atomic E-state index is 5.59. The van der Waals surface area contributed by atoms with Crippen molar-refractivity contribution < 1.29 is 22.4 Å². The van der Waals surface area contributed by atoms with Crippen LogP contribution in [0.15, 0.2) is 91.0 Å². The van der Waals surface area contributed by atoms with Crippen molar-refractivity contribution in [1.29, 1.82) is 0 Å². The number of pyridine rings is 1. The van der Waals surface area contributed by atoms with Crippen LogP contribution in [0.2, 0.25) is 0 Å². The van der Waals surface area contributed by atoms with E-state index in [0.29, 0.717) is 0 Å². The number of benzene rings is 5. The van der Waals surface area contributed by atoms with Crippen molar-refractivity contribution in [3.63, 3.8) is 0 Å². The third-order valence-electron chi connectivity index (χ3n) is 11.2. The minimum atomic E-state index is -0.0613. The predicted molar refractivity (Wildman–Crippen MR) is 236 cm³/mol. The van der Waals surface area contributed by atoms with E-state index in [2.05, 4.69) is 200 Å². The number of rotatable bonds is 4. The largest absolute Gasteiger partial charge is 3.00 e. The summed E-state index contributed by atoms with van der Waals surface area (Å²) in [4.78, 5) is 10.9. The monoisotopic (exact) mass is 918 g/mol. The first-order chi connectivity index (χ1) is 25.6. The molecular weight excluding hydrogens is 862 g/mol. The molecule has 7 rings (SSSR count). The molecule has 0 radical (unpaired) electrons. The van der Waals surface area contributed by atoms with Gasteiger partial charge in [0.2, 0.25) is 0 Å². The summed E-state index contributed by atoms with van der Waals surface area (Å²) in [5.74, 6) is 0. The maximum Gasteiger partial charge on any atom is 3.00 e. The molecule has 2 aromatic heterocycles. The molecule has 3 heteroatoms. The molecule has 0 N–H and O–H groups in total. The summed E-state index contributed by atoms with van der Waals surface area (Å²) in [6.07, 6.45) is 0. The molecule has 0 aliphatic rings. The molecule has 7 aromatic rings. The van der Waals surface area contributed by atoms with Crippen molar-refractivity contribution >= 4 is 21.8 Å². The molecular formula is C53H57AuN2. The minimum Gasteiger partial charge on any atom is -0.656 e. The Morgan fingerprint density at radius 2 is 1.04 bits per heavy atom. The molecule has 0 spiro atoms. The van der Waals surface area contributed by atoms with E-state index in [1.54, 1.807) is 0 Å². The van der Waals surface area contributed by atoms with Gasteiger partial charge in [0.25, 0.3) is 0 Å². The van der Waals surface area contributed by atoms with E-state index in [1.807, 2.05) is 0 Å². The quantitative estimate of drug-likeness (QED) is 0.130. The Morgan fingerprint density at radius 1 is 0.482 bits per heavy atom. The van der Waals surface area contributed by atoms with Crippen LogP contribution in [-0.2, 0) is 44.0 Å². The molecule has 0 amide bonds. The standard InChI is InChI=1S/C53H57N2.Au/c1-32-25-33(2)48(45-31-42(53(12,13)14)30-44-43-29-41(52(9,10)11)23-24-46(43)54-49(44)45)55-47(32)38-27-36(34-15-19-39(20-16-34)50(3,4)5)26-37(28-38)35-17-21-40(22-18-35)51(6,7)8;/h15-17,19-27,29-31H,1-14H3;/q-3;+3. The van der Waals surface area contributed by atoms with Gasteiger partial charge in [0.05, 0.1) is 5.69 Å². The van der Waals surface area contributed by atoms with Gasteiger partial charge in [0.1, 0.15) is 0 Å². The zero-order valence-electron chi connectivity index (χ0n) is 35.9. The van der Waals surface area contributed by atoms with Gasteiger partial charge in [-0.15, -0.1) is 34.3 Å². The third kappa shape index (κ3) is 8.12. The average molecular weight is 919 g/mol. The Kier molecular flexibility index (Phi) is 10.8. The van der Waals surface area contributed by atoms with Crippen LogP contribution in [0.4, 0.5) is 0 Å². The number of aromatic nitrogens is 2. The van der Waals surface area contributed by atoms with Gasteiger partial charge in [0.15, 0.2) is 0 Å². The van der Waals surface area contributed by atoms with Crippen molar-refractivity contribution in [2.24, 2.45) is 0 Å². The van der Waals surface area contributed by atoms with Gasteiger partial charge in [-0.1, -0.05) is 155 Å². The number of nitrogens with zero attached hydrogens (tertiary/aromatic N) is 2. The van der Waals surface area contributed by atoms with Gasteiger partial charge >= 0.3 is 22.4 Å². The Labute approximate surface area is 352 Å². The fourth-order valence-electron chi connectivity index (χ4n) is 7.54. The van der Waals surface area contributed by atoms with Crippen LogP contribution < -0.4 is 4.98 Å². The normalized spacial score (nSPS) is 12.7. The van der Waals surface area contributed by atoms with Crippen LogP contribution >= 0.6 is 0 Å². The first kappa shape index (κ1) is 41.4. The molecule has 0 saturated heterocycles. The topological polar surface area (TPSA) is 27.0 Å². The predicted octanol–water partition coefficient (Wildman–Crippen LogP) is 14.4. The number of hydrogen-bond acceptors (Lipinski definition) is 1. The second-order valence-electron chi connectivity index (χ2n) is 19.8. The molecule has 0 aliphatic carbocycles. The molecule has 0 aliphatic heterocycles.